The van der Waals surface area contributed by atoms with Gasteiger partial charge in [-0.05, 0) is 117 Å². The van der Waals surface area contributed by atoms with Gasteiger partial charge < -0.3 is 23.7 Å². The first-order valence-electron chi connectivity index (χ1n) is 32.9. The van der Waals surface area contributed by atoms with Crippen LogP contribution in [0.15, 0.2) is 36.6 Å². The third-order valence-electron chi connectivity index (χ3n) is 21.0. The van der Waals surface area contributed by atoms with Crippen LogP contribution in [0.2, 0.25) is 0 Å². The Hall–Kier alpha value is -1.95. The fourth-order valence-electron chi connectivity index (χ4n) is 17.8. The maximum atomic E-state index is 12.8. The molecule has 5 aliphatic heterocycles. The van der Waals surface area contributed by atoms with E-state index in [1.165, 1.54) is 6.08 Å². The third-order valence-corrected chi connectivity index (χ3v) is 21.0. The van der Waals surface area contributed by atoms with Gasteiger partial charge >= 0.3 is 5.97 Å². The summed E-state index contributed by atoms with van der Waals surface area (Å²) in [5, 5.41) is 35.1. The highest BCUT2D eigenvalue weighted by atomic mass is 16.5. The Morgan fingerprint density at radius 2 is 0.838 bits per heavy atom. The van der Waals surface area contributed by atoms with E-state index in [-0.39, 0.29) is 140 Å². The van der Waals surface area contributed by atoms with Crippen molar-refractivity contribution in [1.29, 1.82) is 0 Å². The van der Waals surface area contributed by atoms with E-state index >= 15 is 0 Å². The number of hydrogen-bond acceptors (Lipinski definition) is 14. The number of carbonyl (C=O) groups excluding carboxylic acids is 1. The van der Waals surface area contributed by atoms with Crippen LogP contribution in [0.5, 0.6) is 0 Å². The van der Waals surface area contributed by atoms with Crippen LogP contribution < -0.4 is 42.5 Å². The van der Waals surface area contributed by atoms with E-state index in [2.05, 4.69) is 185 Å². The number of esters is 1. The van der Waals surface area contributed by atoms with Crippen LogP contribution in [0.25, 0.3) is 0 Å². The van der Waals surface area contributed by atoms with E-state index in [1.807, 2.05) is 0 Å². The Kier molecular flexibility index (Phi) is 20.6. The van der Waals surface area contributed by atoms with E-state index in [1.54, 1.807) is 0 Å². The van der Waals surface area contributed by atoms with Crippen molar-refractivity contribution in [2.45, 2.75) is 268 Å². The molecule has 8 bridgehead atoms. The predicted octanol–water partition coefficient (Wildman–Crippen LogP) is 9.95. The zero-order valence-corrected chi connectivity index (χ0v) is 52.9. The van der Waals surface area contributed by atoms with Crippen LogP contribution in [0, 0.1) is 100 Å². The standard InChI is InChI=1S/C66H116N8O6/c1-19-49(75)76-32-66(18)30-29-44-53(48(31-66)80-57(39(14)15)40(16)17)65-72-60-43-25-22-27-46(78-55(35(6)7)36(8)9)51(43)63(71-60)68-58-41-23-20-26-45(77-54(33(2)3)34(4)5)50(41)62(67-58)69-59-42-24-21-28-47(79-56(37(10)11)38(12)13)52(42)64(70-59)73-61(44)74-65/h19,29-31,33-47,50-65,67-74H,1,20-28,32H2,2-18H3. The second kappa shape index (κ2) is 26.3. The molecule has 0 radical (unpaired) electrons. The summed E-state index contributed by atoms with van der Waals surface area (Å²) in [5.41, 5.74) is -0.627. The Labute approximate surface area is 485 Å². The smallest absolute Gasteiger partial charge is 0.330 e. The summed E-state index contributed by atoms with van der Waals surface area (Å²) >= 11 is 0. The number of nitrogens with one attached hydrogen (secondary N) is 8. The lowest BCUT2D eigenvalue weighted by Gasteiger charge is -2.43. The number of carbonyl (C=O) groups is 1. The lowest BCUT2D eigenvalue weighted by atomic mass is 9.74. The van der Waals surface area contributed by atoms with Gasteiger partial charge in [-0.25, -0.2) is 4.79 Å². The summed E-state index contributed by atoms with van der Waals surface area (Å²) in [6.07, 6.45) is 18.8. The zero-order chi connectivity index (χ0) is 57.6. The summed E-state index contributed by atoms with van der Waals surface area (Å²) < 4.78 is 35.9. The summed E-state index contributed by atoms with van der Waals surface area (Å²) in [6, 6.07) is 0. The van der Waals surface area contributed by atoms with Crippen molar-refractivity contribution < 1.29 is 28.5 Å². The van der Waals surface area contributed by atoms with Crippen LogP contribution >= 0.6 is 0 Å². The van der Waals surface area contributed by atoms with Crippen LogP contribution in [-0.2, 0) is 28.5 Å². The first kappa shape index (κ1) is 62.6. The molecule has 4 aliphatic carbocycles. The number of rotatable bonds is 19. The summed E-state index contributed by atoms with van der Waals surface area (Å²) in [7, 11) is 0. The van der Waals surface area contributed by atoms with E-state index in [0.717, 1.165) is 63.5 Å². The molecule has 0 aromatic carbocycles. The van der Waals surface area contributed by atoms with Crippen molar-refractivity contribution in [2.24, 2.45) is 100 Å². The third kappa shape index (κ3) is 13.4. The monoisotopic (exact) mass is 1120 g/mol. The van der Waals surface area contributed by atoms with Gasteiger partial charge in [-0.3, -0.25) is 42.5 Å². The van der Waals surface area contributed by atoms with Gasteiger partial charge in [0.25, 0.3) is 0 Å². The van der Waals surface area contributed by atoms with Crippen molar-refractivity contribution in [1.82, 2.24) is 42.5 Å². The molecule has 0 aromatic heterocycles. The topological polar surface area (TPSA) is 159 Å². The Morgan fingerprint density at radius 1 is 0.500 bits per heavy atom. The molecular weight excluding hydrogens is 1000 g/mol. The molecule has 80 heavy (non-hydrogen) atoms. The molecule has 5 saturated heterocycles. The Bertz CT molecular complexity index is 2070. The first-order chi connectivity index (χ1) is 38.0. The van der Waals surface area contributed by atoms with Gasteiger partial charge in [0.2, 0.25) is 0 Å². The molecule has 0 spiro atoms. The van der Waals surface area contributed by atoms with Crippen molar-refractivity contribution in [3.63, 3.8) is 0 Å². The molecule has 20 unspecified atom stereocenters. The molecule has 3 saturated carbocycles. The molecule has 8 N–H and O–H groups in total. The largest absolute Gasteiger partial charge is 0.494 e. The molecule has 9 aliphatic rings. The van der Waals surface area contributed by atoms with Crippen molar-refractivity contribution in [3.05, 3.63) is 36.6 Å². The van der Waals surface area contributed by atoms with Gasteiger partial charge in [-0.1, -0.05) is 149 Å². The normalized spacial score (nSPS) is 40.1. The van der Waals surface area contributed by atoms with Crippen LogP contribution in [0.3, 0.4) is 0 Å². The highest BCUT2D eigenvalue weighted by Gasteiger charge is 2.59. The SMILES string of the molecule is C=CC(=O)OCC1(C)C=CC2C3NC(NC4NC(NC5NC(NC6NC(N3)C3C(OC(C(C)C)C(C)C)CCCC63)C3C(OC(C(C)C)C(C)C)CCCC53)C3C(OC(C(C)C)C(C)C)CCCC43)C2C(OC(C(C)C)C(C)C)=C1. The van der Waals surface area contributed by atoms with Crippen LogP contribution in [-0.4, -0.2) is 105 Å². The van der Waals surface area contributed by atoms with Gasteiger partial charge in [0.15, 0.2) is 0 Å². The van der Waals surface area contributed by atoms with Gasteiger partial charge in [-0.2, -0.15) is 0 Å². The van der Waals surface area contributed by atoms with Crippen molar-refractivity contribution in [3.8, 4) is 0 Å². The number of hydrogen-bond donors (Lipinski definition) is 8. The maximum Gasteiger partial charge on any atom is 0.330 e. The summed E-state index contributed by atoms with van der Waals surface area (Å²) in [5.74, 6) is 5.20. The zero-order valence-electron chi connectivity index (χ0n) is 52.9. The van der Waals surface area contributed by atoms with Crippen LogP contribution in [0.1, 0.15) is 175 Å². The average Bonchev–Trinajstić information content (AvgIpc) is 4.22. The highest BCUT2D eigenvalue weighted by molar-refractivity contribution is 5.81. The fraction of sp³-hybridized carbons (Fsp3) is 0.894. The summed E-state index contributed by atoms with van der Waals surface area (Å²) in [4.78, 5) is 12.8. The Morgan fingerprint density at radius 3 is 1.19 bits per heavy atom. The van der Waals surface area contributed by atoms with Gasteiger partial charge in [0, 0.05) is 35.2 Å². The summed E-state index contributed by atoms with van der Waals surface area (Å²) in [6.45, 7) is 43.2. The average molecular weight is 1120 g/mol. The van der Waals surface area contributed by atoms with Gasteiger partial charge in [0.1, 0.15) is 18.5 Å². The maximum absolute atomic E-state index is 12.8. The minimum absolute atomic E-state index is 0.00190. The molecule has 0 aromatic rings. The molecule has 456 valence electrons. The van der Waals surface area contributed by atoms with Crippen molar-refractivity contribution >= 4 is 5.97 Å². The molecule has 20 atom stereocenters. The quantitative estimate of drug-likeness (QED) is 0.0351. The molecule has 0 amide bonds. The minimum Gasteiger partial charge on any atom is -0.494 e. The van der Waals surface area contributed by atoms with E-state index in [9.17, 15) is 4.79 Å². The first-order valence-corrected chi connectivity index (χ1v) is 32.9. The lowest BCUT2D eigenvalue weighted by molar-refractivity contribution is -0.139. The molecule has 14 heteroatoms. The van der Waals surface area contributed by atoms with E-state index in [4.69, 9.17) is 23.7 Å². The molecule has 14 nitrogen and oxygen atoms in total. The molecule has 8 fully saturated rings. The molecular formula is C66H116N8O6. The van der Waals surface area contributed by atoms with E-state index < -0.39 is 11.4 Å². The molecule has 9 rings (SSSR count). The molecule has 5 heterocycles. The van der Waals surface area contributed by atoms with E-state index in [0.29, 0.717) is 53.3 Å². The minimum atomic E-state index is -0.627. The van der Waals surface area contributed by atoms with Crippen molar-refractivity contribution in [2.75, 3.05) is 6.61 Å². The van der Waals surface area contributed by atoms with Gasteiger partial charge in [-0.15, -0.1) is 0 Å². The predicted molar refractivity (Wildman–Crippen MR) is 321 cm³/mol. The number of fused-ring (bicyclic) bond motifs is 20. The second-order valence-corrected chi connectivity index (χ2v) is 29.9. The highest BCUT2D eigenvalue weighted by Crippen LogP contribution is 2.49. The number of ether oxygens (including phenoxy) is 5. The fourth-order valence-corrected chi connectivity index (χ4v) is 17.8. The second-order valence-electron chi connectivity index (χ2n) is 29.9. The lowest BCUT2D eigenvalue weighted by Crippen LogP contribution is -2.62. The van der Waals surface area contributed by atoms with Crippen LogP contribution in [0.4, 0.5) is 0 Å². The Balaban J connectivity index is 1.17. The van der Waals surface area contributed by atoms with Gasteiger partial charge in [0.05, 0.1) is 91.9 Å².